The third-order valence-electron chi connectivity index (χ3n) is 2.53. The lowest BCUT2D eigenvalue weighted by Crippen LogP contribution is -2.36. The van der Waals surface area contributed by atoms with E-state index in [1.807, 2.05) is 13.0 Å². The third kappa shape index (κ3) is 2.01. The molecule has 76 valence electrons. The quantitative estimate of drug-likeness (QED) is 0.715. The SMILES string of the molecule is Cc1ccnc(N2CCC(O)CC2)n1. The normalized spacial score (nSPS) is 18.6. The average molecular weight is 193 g/mol. The lowest BCUT2D eigenvalue weighted by molar-refractivity contribution is 0.145. The van der Waals surface area contributed by atoms with Gasteiger partial charge in [-0.1, -0.05) is 0 Å². The van der Waals surface area contributed by atoms with Gasteiger partial charge in [0.05, 0.1) is 6.10 Å². The molecule has 0 atom stereocenters. The number of aryl methyl sites for hydroxylation is 1. The van der Waals surface area contributed by atoms with Crippen LogP contribution in [0.3, 0.4) is 0 Å². The summed E-state index contributed by atoms with van der Waals surface area (Å²) in [4.78, 5) is 10.7. The van der Waals surface area contributed by atoms with Crippen molar-refractivity contribution in [2.45, 2.75) is 25.9 Å². The number of aliphatic hydroxyl groups is 1. The Morgan fingerprint density at radius 3 is 2.79 bits per heavy atom. The maximum atomic E-state index is 9.36. The maximum absolute atomic E-state index is 9.36. The van der Waals surface area contributed by atoms with Gasteiger partial charge < -0.3 is 10.0 Å². The van der Waals surface area contributed by atoms with Gasteiger partial charge in [-0.15, -0.1) is 0 Å². The van der Waals surface area contributed by atoms with Crippen LogP contribution in [0.15, 0.2) is 12.3 Å². The first-order chi connectivity index (χ1) is 6.75. The Morgan fingerprint density at radius 2 is 2.14 bits per heavy atom. The van der Waals surface area contributed by atoms with E-state index in [-0.39, 0.29) is 6.10 Å². The summed E-state index contributed by atoms with van der Waals surface area (Å²) in [6, 6.07) is 1.89. The molecule has 0 radical (unpaired) electrons. The third-order valence-corrected chi connectivity index (χ3v) is 2.53. The summed E-state index contributed by atoms with van der Waals surface area (Å²) in [5.74, 6) is 0.789. The van der Waals surface area contributed by atoms with E-state index in [0.29, 0.717) is 0 Å². The largest absolute Gasteiger partial charge is 0.393 e. The van der Waals surface area contributed by atoms with Crippen molar-refractivity contribution in [3.8, 4) is 0 Å². The molecular weight excluding hydrogens is 178 g/mol. The van der Waals surface area contributed by atoms with Gasteiger partial charge in [0, 0.05) is 25.0 Å². The fourth-order valence-electron chi connectivity index (χ4n) is 1.65. The van der Waals surface area contributed by atoms with E-state index in [2.05, 4.69) is 14.9 Å². The lowest BCUT2D eigenvalue weighted by Gasteiger charge is -2.29. The van der Waals surface area contributed by atoms with Crippen LogP contribution in [0.2, 0.25) is 0 Å². The van der Waals surface area contributed by atoms with Crippen LogP contribution in [0.25, 0.3) is 0 Å². The van der Waals surface area contributed by atoms with Crippen molar-refractivity contribution in [2.24, 2.45) is 0 Å². The molecule has 1 aromatic rings. The summed E-state index contributed by atoms with van der Waals surface area (Å²) in [7, 11) is 0. The molecule has 1 aliphatic heterocycles. The van der Waals surface area contributed by atoms with Crippen molar-refractivity contribution >= 4 is 5.95 Å². The molecule has 2 rings (SSSR count). The highest BCUT2D eigenvalue weighted by Crippen LogP contribution is 2.15. The standard InChI is InChI=1S/C10H15N3O/c1-8-2-5-11-10(12-8)13-6-3-9(14)4-7-13/h2,5,9,14H,3-4,6-7H2,1H3. The van der Waals surface area contributed by atoms with E-state index in [9.17, 15) is 5.11 Å². The van der Waals surface area contributed by atoms with Crippen LogP contribution in [-0.4, -0.2) is 34.3 Å². The number of anilines is 1. The van der Waals surface area contributed by atoms with Gasteiger partial charge in [-0.2, -0.15) is 0 Å². The summed E-state index contributed by atoms with van der Waals surface area (Å²) in [5, 5.41) is 9.36. The van der Waals surface area contributed by atoms with E-state index < -0.39 is 0 Å². The highest BCUT2D eigenvalue weighted by atomic mass is 16.3. The second-order valence-corrected chi connectivity index (χ2v) is 3.72. The fourth-order valence-corrected chi connectivity index (χ4v) is 1.65. The molecule has 0 aromatic carbocycles. The van der Waals surface area contributed by atoms with Gasteiger partial charge in [0.15, 0.2) is 0 Å². The lowest BCUT2D eigenvalue weighted by atomic mass is 10.1. The molecule has 1 N–H and O–H groups in total. The van der Waals surface area contributed by atoms with Gasteiger partial charge in [-0.25, -0.2) is 9.97 Å². The van der Waals surface area contributed by atoms with E-state index >= 15 is 0 Å². The molecule has 1 saturated heterocycles. The maximum Gasteiger partial charge on any atom is 0.225 e. The number of rotatable bonds is 1. The Balaban J connectivity index is 2.08. The summed E-state index contributed by atoms with van der Waals surface area (Å²) < 4.78 is 0. The Morgan fingerprint density at radius 1 is 1.43 bits per heavy atom. The van der Waals surface area contributed by atoms with Crippen molar-refractivity contribution < 1.29 is 5.11 Å². The Hall–Kier alpha value is -1.16. The molecular formula is C10H15N3O. The first kappa shape index (κ1) is 9.40. The summed E-state index contributed by atoms with van der Waals surface area (Å²) in [6.07, 6.45) is 3.27. The molecule has 1 aliphatic rings. The smallest absolute Gasteiger partial charge is 0.225 e. The van der Waals surface area contributed by atoms with Crippen molar-refractivity contribution in [2.75, 3.05) is 18.0 Å². The zero-order valence-corrected chi connectivity index (χ0v) is 8.35. The number of nitrogens with zero attached hydrogens (tertiary/aromatic N) is 3. The molecule has 0 aliphatic carbocycles. The molecule has 0 spiro atoms. The van der Waals surface area contributed by atoms with E-state index in [0.717, 1.165) is 37.6 Å². The number of hydrogen-bond donors (Lipinski definition) is 1. The molecule has 14 heavy (non-hydrogen) atoms. The van der Waals surface area contributed by atoms with Crippen LogP contribution in [0.4, 0.5) is 5.95 Å². The minimum Gasteiger partial charge on any atom is -0.393 e. The number of hydrogen-bond acceptors (Lipinski definition) is 4. The molecule has 0 bridgehead atoms. The molecule has 2 heterocycles. The summed E-state index contributed by atoms with van der Waals surface area (Å²) in [6.45, 7) is 3.67. The predicted octanol–water partition coefficient (Wildman–Crippen LogP) is 0.746. The average Bonchev–Trinajstić information content (AvgIpc) is 2.19. The van der Waals surface area contributed by atoms with Crippen LogP contribution in [0.5, 0.6) is 0 Å². The first-order valence-corrected chi connectivity index (χ1v) is 4.98. The van der Waals surface area contributed by atoms with Gasteiger partial charge in [0.1, 0.15) is 0 Å². The van der Waals surface area contributed by atoms with Crippen molar-refractivity contribution in [1.82, 2.24) is 9.97 Å². The number of aliphatic hydroxyl groups excluding tert-OH is 1. The molecule has 4 heteroatoms. The summed E-state index contributed by atoms with van der Waals surface area (Å²) >= 11 is 0. The molecule has 1 aromatic heterocycles. The summed E-state index contributed by atoms with van der Waals surface area (Å²) in [5.41, 5.74) is 0.987. The van der Waals surface area contributed by atoms with E-state index in [1.165, 1.54) is 0 Å². The van der Waals surface area contributed by atoms with Crippen molar-refractivity contribution in [3.63, 3.8) is 0 Å². The number of piperidine rings is 1. The van der Waals surface area contributed by atoms with Crippen LogP contribution >= 0.6 is 0 Å². The van der Waals surface area contributed by atoms with Gasteiger partial charge in [0.2, 0.25) is 5.95 Å². The minimum atomic E-state index is -0.143. The van der Waals surface area contributed by atoms with E-state index in [1.54, 1.807) is 6.20 Å². The topological polar surface area (TPSA) is 49.2 Å². The van der Waals surface area contributed by atoms with Crippen LogP contribution in [-0.2, 0) is 0 Å². The molecule has 1 fully saturated rings. The molecule has 0 saturated carbocycles. The monoisotopic (exact) mass is 193 g/mol. The Bertz CT molecular complexity index is 308. The zero-order valence-electron chi connectivity index (χ0n) is 8.35. The van der Waals surface area contributed by atoms with Crippen molar-refractivity contribution in [1.29, 1.82) is 0 Å². The minimum absolute atomic E-state index is 0.143. The van der Waals surface area contributed by atoms with Crippen LogP contribution in [0, 0.1) is 6.92 Å². The highest BCUT2D eigenvalue weighted by Gasteiger charge is 2.18. The predicted molar refractivity (Wildman–Crippen MR) is 54.2 cm³/mol. The van der Waals surface area contributed by atoms with Gasteiger partial charge in [0.25, 0.3) is 0 Å². The number of aromatic nitrogens is 2. The van der Waals surface area contributed by atoms with Gasteiger partial charge in [-0.3, -0.25) is 0 Å². The van der Waals surface area contributed by atoms with Crippen LogP contribution < -0.4 is 4.90 Å². The molecule has 0 amide bonds. The van der Waals surface area contributed by atoms with Crippen LogP contribution in [0.1, 0.15) is 18.5 Å². The molecule has 4 nitrogen and oxygen atoms in total. The van der Waals surface area contributed by atoms with Crippen molar-refractivity contribution in [3.05, 3.63) is 18.0 Å². The Labute approximate surface area is 83.6 Å². The zero-order chi connectivity index (χ0) is 9.97. The second-order valence-electron chi connectivity index (χ2n) is 3.72. The van der Waals surface area contributed by atoms with Gasteiger partial charge in [-0.05, 0) is 25.8 Å². The highest BCUT2D eigenvalue weighted by molar-refractivity contribution is 5.30. The Kier molecular flexibility index (Phi) is 2.63. The van der Waals surface area contributed by atoms with E-state index in [4.69, 9.17) is 0 Å². The first-order valence-electron chi connectivity index (χ1n) is 4.98. The second kappa shape index (κ2) is 3.92. The fraction of sp³-hybridized carbons (Fsp3) is 0.600. The molecule has 0 unspecified atom stereocenters. The van der Waals surface area contributed by atoms with Gasteiger partial charge >= 0.3 is 0 Å².